The molecular weight excluding hydrogens is 274 g/mol. The molecule has 0 spiro atoms. The molecule has 1 aromatic heterocycles. The second-order valence-corrected chi connectivity index (χ2v) is 5.21. The number of nitrogens with one attached hydrogen (secondary N) is 1. The van der Waals surface area contributed by atoms with E-state index < -0.39 is 12.0 Å². The molecule has 0 aliphatic carbocycles. The lowest BCUT2D eigenvalue weighted by Crippen LogP contribution is -2.55. The van der Waals surface area contributed by atoms with Crippen LogP contribution in [0.5, 0.6) is 0 Å². The van der Waals surface area contributed by atoms with Crippen molar-refractivity contribution in [1.29, 1.82) is 0 Å². The van der Waals surface area contributed by atoms with Gasteiger partial charge in [-0.25, -0.2) is 9.78 Å². The highest BCUT2D eigenvalue weighted by molar-refractivity contribution is 5.74. The molecular formula is C13H21N5O3. The minimum absolute atomic E-state index is 0.0611. The van der Waals surface area contributed by atoms with Crippen LogP contribution in [0.4, 0.5) is 4.79 Å². The first-order valence-corrected chi connectivity index (χ1v) is 6.94. The third-order valence-electron chi connectivity index (χ3n) is 3.76. The zero-order valence-corrected chi connectivity index (χ0v) is 12.3. The normalized spacial score (nSPS) is 17.5. The average molecular weight is 295 g/mol. The molecule has 2 N–H and O–H groups in total. The summed E-state index contributed by atoms with van der Waals surface area (Å²) in [5.74, 6) is -0.0892. The summed E-state index contributed by atoms with van der Waals surface area (Å²) in [6.07, 6.45) is 3.37. The number of hydrogen-bond acceptors (Lipinski definition) is 4. The first-order valence-electron chi connectivity index (χ1n) is 6.94. The number of amides is 2. The predicted molar refractivity (Wildman–Crippen MR) is 75.7 cm³/mol. The molecule has 1 atom stereocenters. The number of carbonyl (C=O) groups is 2. The zero-order valence-electron chi connectivity index (χ0n) is 12.3. The van der Waals surface area contributed by atoms with Crippen molar-refractivity contribution in [1.82, 2.24) is 24.7 Å². The molecule has 116 valence electrons. The second-order valence-electron chi connectivity index (χ2n) is 5.21. The molecule has 1 aliphatic heterocycles. The Hall–Kier alpha value is -2.09. The largest absolute Gasteiger partial charge is 0.480 e. The number of piperazine rings is 1. The van der Waals surface area contributed by atoms with Crippen LogP contribution in [-0.4, -0.2) is 81.0 Å². The van der Waals surface area contributed by atoms with Crippen molar-refractivity contribution in [3.63, 3.8) is 0 Å². The Morgan fingerprint density at radius 1 is 1.43 bits per heavy atom. The highest BCUT2D eigenvalue weighted by Crippen LogP contribution is 2.09. The Labute approximate surface area is 123 Å². The van der Waals surface area contributed by atoms with E-state index in [2.05, 4.69) is 9.97 Å². The van der Waals surface area contributed by atoms with E-state index in [-0.39, 0.29) is 6.03 Å². The van der Waals surface area contributed by atoms with Gasteiger partial charge in [-0.1, -0.05) is 0 Å². The summed E-state index contributed by atoms with van der Waals surface area (Å²) >= 11 is 0. The number of carboxylic acid groups (broad SMARTS) is 1. The molecule has 2 heterocycles. The van der Waals surface area contributed by atoms with E-state index in [0.29, 0.717) is 32.7 Å². The number of urea groups is 1. The lowest BCUT2D eigenvalue weighted by molar-refractivity contribution is -0.143. The van der Waals surface area contributed by atoms with Gasteiger partial charge >= 0.3 is 12.0 Å². The van der Waals surface area contributed by atoms with Gasteiger partial charge in [-0.05, 0) is 6.92 Å². The number of carbonyl (C=O) groups excluding carboxylic acids is 1. The predicted octanol–water partition coefficient (Wildman–Crippen LogP) is 0.0522. The van der Waals surface area contributed by atoms with Crippen molar-refractivity contribution in [3.8, 4) is 0 Å². The second kappa shape index (κ2) is 6.57. The van der Waals surface area contributed by atoms with Crippen molar-refractivity contribution in [2.75, 3.05) is 33.2 Å². The van der Waals surface area contributed by atoms with Crippen LogP contribution < -0.4 is 0 Å². The first kappa shape index (κ1) is 15.3. The minimum Gasteiger partial charge on any atom is -0.480 e. The number of imidazole rings is 1. The van der Waals surface area contributed by atoms with Gasteiger partial charge in [-0.3, -0.25) is 9.69 Å². The van der Waals surface area contributed by atoms with Crippen LogP contribution in [0.25, 0.3) is 0 Å². The fourth-order valence-electron chi connectivity index (χ4n) is 2.37. The van der Waals surface area contributed by atoms with E-state index in [4.69, 9.17) is 5.11 Å². The van der Waals surface area contributed by atoms with Crippen molar-refractivity contribution in [2.45, 2.75) is 19.5 Å². The van der Waals surface area contributed by atoms with Gasteiger partial charge in [0, 0.05) is 45.6 Å². The van der Waals surface area contributed by atoms with E-state index in [1.807, 2.05) is 4.90 Å². The van der Waals surface area contributed by atoms with Crippen molar-refractivity contribution < 1.29 is 14.7 Å². The molecule has 0 saturated carbocycles. The van der Waals surface area contributed by atoms with Crippen LogP contribution in [0.3, 0.4) is 0 Å². The summed E-state index contributed by atoms with van der Waals surface area (Å²) in [5, 5.41) is 9.00. The fourth-order valence-corrected chi connectivity index (χ4v) is 2.37. The molecule has 2 rings (SSSR count). The van der Waals surface area contributed by atoms with E-state index in [1.54, 1.807) is 36.2 Å². The smallest absolute Gasteiger partial charge is 0.320 e. The summed E-state index contributed by atoms with van der Waals surface area (Å²) in [6, 6.07) is -0.572. The lowest BCUT2D eigenvalue weighted by Gasteiger charge is -2.38. The van der Waals surface area contributed by atoms with Crippen LogP contribution in [0.15, 0.2) is 12.4 Å². The lowest BCUT2D eigenvalue weighted by atomic mass is 10.2. The van der Waals surface area contributed by atoms with Gasteiger partial charge in [0.1, 0.15) is 11.9 Å². The van der Waals surface area contributed by atoms with Gasteiger partial charge in [-0.2, -0.15) is 0 Å². The average Bonchev–Trinajstić information content (AvgIpc) is 2.98. The molecule has 21 heavy (non-hydrogen) atoms. The Kier molecular flexibility index (Phi) is 4.79. The van der Waals surface area contributed by atoms with Crippen molar-refractivity contribution >= 4 is 12.0 Å². The summed E-state index contributed by atoms with van der Waals surface area (Å²) in [7, 11) is 1.73. The number of aromatic nitrogens is 2. The van der Waals surface area contributed by atoms with E-state index in [1.165, 1.54) is 0 Å². The Morgan fingerprint density at radius 2 is 2.10 bits per heavy atom. The zero-order chi connectivity index (χ0) is 15.4. The number of aromatic amines is 1. The van der Waals surface area contributed by atoms with Crippen LogP contribution >= 0.6 is 0 Å². The Balaban J connectivity index is 1.84. The van der Waals surface area contributed by atoms with Gasteiger partial charge in [0.2, 0.25) is 0 Å². The maximum absolute atomic E-state index is 12.3. The van der Waals surface area contributed by atoms with Crippen LogP contribution in [0.1, 0.15) is 12.7 Å². The molecule has 1 fully saturated rings. The van der Waals surface area contributed by atoms with E-state index >= 15 is 0 Å². The van der Waals surface area contributed by atoms with Crippen LogP contribution in [0.2, 0.25) is 0 Å². The number of rotatable bonds is 4. The van der Waals surface area contributed by atoms with Gasteiger partial charge in [0.25, 0.3) is 0 Å². The van der Waals surface area contributed by atoms with Crippen molar-refractivity contribution in [3.05, 3.63) is 18.2 Å². The molecule has 8 heteroatoms. The number of hydrogen-bond donors (Lipinski definition) is 2. The molecule has 8 nitrogen and oxygen atoms in total. The maximum Gasteiger partial charge on any atom is 0.320 e. The minimum atomic E-state index is -0.829. The highest BCUT2D eigenvalue weighted by Gasteiger charge is 2.28. The monoisotopic (exact) mass is 295 g/mol. The van der Waals surface area contributed by atoms with E-state index in [0.717, 1.165) is 5.82 Å². The Bertz CT molecular complexity index is 482. The molecule has 1 aromatic rings. The number of H-pyrrole nitrogens is 1. The number of nitrogens with zero attached hydrogens (tertiary/aromatic N) is 4. The summed E-state index contributed by atoms with van der Waals surface area (Å²) < 4.78 is 0. The Morgan fingerprint density at radius 3 is 2.62 bits per heavy atom. The SMILES string of the molecule is CC(C(=O)O)N1CCN(C(=O)N(C)Cc2ncc[nH]2)CC1. The third kappa shape index (κ3) is 3.72. The molecule has 0 bridgehead atoms. The van der Waals surface area contributed by atoms with Gasteiger partial charge in [-0.15, -0.1) is 0 Å². The molecule has 1 saturated heterocycles. The fraction of sp³-hybridized carbons (Fsp3) is 0.615. The quantitative estimate of drug-likeness (QED) is 0.819. The summed E-state index contributed by atoms with van der Waals surface area (Å²) in [4.78, 5) is 35.6. The van der Waals surface area contributed by atoms with Crippen molar-refractivity contribution in [2.24, 2.45) is 0 Å². The maximum atomic E-state index is 12.3. The molecule has 0 aromatic carbocycles. The van der Waals surface area contributed by atoms with Crippen LogP contribution in [-0.2, 0) is 11.3 Å². The summed E-state index contributed by atoms with van der Waals surface area (Å²) in [6.45, 7) is 4.33. The molecule has 1 aliphatic rings. The standard InChI is InChI=1S/C13H21N5O3/c1-10(12(19)20)17-5-7-18(8-6-17)13(21)16(2)9-11-14-3-4-15-11/h3-4,10H,5-9H2,1-2H3,(H,14,15)(H,19,20). The van der Waals surface area contributed by atoms with Gasteiger partial charge in [0.15, 0.2) is 0 Å². The third-order valence-corrected chi connectivity index (χ3v) is 3.76. The summed E-state index contributed by atoms with van der Waals surface area (Å²) in [5.41, 5.74) is 0. The topological polar surface area (TPSA) is 92.8 Å². The first-order chi connectivity index (χ1) is 9.99. The number of carboxylic acids is 1. The molecule has 1 unspecified atom stereocenters. The van der Waals surface area contributed by atoms with Crippen LogP contribution in [0, 0.1) is 0 Å². The van der Waals surface area contributed by atoms with Gasteiger partial charge < -0.3 is 19.9 Å². The van der Waals surface area contributed by atoms with E-state index in [9.17, 15) is 9.59 Å². The highest BCUT2D eigenvalue weighted by atomic mass is 16.4. The molecule has 2 amide bonds. The number of aliphatic carboxylic acids is 1. The van der Waals surface area contributed by atoms with Gasteiger partial charge in [0.05, 0.1) is 6.54 Å². The molecule has 0 radical (unpaired) electrons.